The first-order chi connectivity index (χ1) is 21.1. The van der Waals surface area contributed by atoms with Crippen molar-refractivity contribution in [2.75, 3.05) is 54.1 Å². The number of nitrogens with zero attached hydrogens (tertiary/aromatic N) is 1. The molecule has 0 amide bonds. The SMILES string of the molecule is CCCCCCCCCCCCCCCC(=O)OC(COCCCCCCCCCCC)COP(=O)([O-])OCC[N+](C)(C)C. The molecule has 0 aromatic heterocycles. The zero-order valence-corrected chi connectivity index (χ0v) is 30.5. The molecule has 0 heterocycles. The third-order valence-electron chi connectivity index (χ3n) is 7.91. The summed E-state index contributed by atoms with van der Waals surface area (Å²) in [7, 11) is 1.37. The maximum atomic E-state index is 12.5. The van der Waals surface area contributed by atoms with Crippen molar-refractivity contribution in [3.05, 3.63) is 0 Å². The summed E-state index contributed by atoms with van der Waals surface area (Å²) in [5, 5.41) is 0. The molecule has 0 aromatic rings. The van der Waals surface area contributed by atoms with Crippen LogP contribution in [0.5, 0.6) is 0 Å². The zero-order valence-electron chi connectivity index (χ0n) is 29.6. The Hall–Kier alpha value is -0.500. The molecule has 8 nitrogen and oxygen atoms in total. The van der Waals surface area contributed by atoms with E-state index in [1.807, 2.05) is 21.1 Å². The van der Waals surface area contributed by atoms with Gasteiger partial charge in [0.15, 0.2) is 0 Å². The minimum atomic E-state index is -4.50. The van der Waals surface area contributed by atoms with Crippen molar-refractivity contribution in [3.8, 4) is 0 Å². The predicted octanol–water partition coefficient (Wildman–Crippen LogP) is 9.13. The second-order valence-corrected chi connectivity index (χ2v) is 15.0. The van der Waals surface area contributed by atoms with Gasteiger partial charge in [-0.3, -0.25) is 9.36 Å². The van der Waals surface area contributed by atoms with Crippen LogP contribution in [0.3, 0.4) is 0 Å². The lowest BCUT2D eigenvalue weighted by atomic mass is 10.0. The van der Waals surface area contributed by atoms with Crippen LogP contribution in [0, 0.1) is 0 Å². The highest BCUT2D eigenvalue weighted by Crippen LogP contribution is 2.38. The number of ether oxygens (including phenoxy) is 2. The van der Waals surface area contributed by atoms with Crippen LogP contribution in [0.1, 0.15) is 162 Å². The van der Waals surface area contributed by atoms with E-state index in [4.69, 9.17) is 18.5 Å². The van der Waals surface area contributed by atoms with Gasteiger partial charge in [-0.2, -0.15) is 0 Å². The molecule has 2 atom stereocenters. The van der Waals surface area contributed by atoms with Gasteiger partial charge in [0, 0.05) is 13.0 Å². The average Bonchev–Trinajstić information content (AvgIpc) is 2.96. The standard InChI is InChI=1S/C35H72NO7P/c1-6-8-10-12-14-16-17-18-19-20-22-24-26-28-35(37)43-34(33-42-44(38,39)41-31-29-36(3,4)5)32-40-30-27-25-23-21-15-13-11-9-7-2/h34H,6-33H2,1-5H3. The molecule has 0 aliphatic rings. The van der Waals surface area contributed by atoms with E-state index >= 15 is 0 Å². The molecular formula is C35H72NO7P. The van der Waals surface area contributed by atoms with Crippen molar-refractivity contribution in [3.63, 3.8) is 0 Å². The number of hydrogen-bond acceptors (Lipinski definition) is 7. The maximum Gasteiger partial charge on any atom is 0.306 e. The number of carbonyl (C=O) groups excluding carboxylic acids is 1. The summed E-state index contributed by atoms with van der Waals surface area (Å²) in [4.78, 5) is 24.8. The molecule has 44 heavy (non-hydrogen) atoms. The van der Waals surface area contributed by atoms with Crippen LogP contribution in [0.15, 0.2) is 0 Å². The summed E-state index contributed by atoms with van der Waals surface area (Å²) in [6.07, 6.45) is 26.7. The van der Waals surface area contributed by atoms with Crippen LogP contribution < -0.4 is 4.89 Å². The molecule has 0 fully saturated rings. The molecule has 0 radical (unpaired) electrons. The van der Waals surface area contributed by atoms with Crippen LogP contribution in [0.25, 0.3) is 0 Å². The predicted molar refractivity (Wildman–Crippen MR) is 181 cm³/mol. The Labute approximate surface area is 272 Å². The summed E-state index contributed by atoms with van der Waals surface area (Å²) in [5.74, 6) is -0.333. The van der Waals surface area contributed by atoms with E-state index in [1.54, 1.807) is 0 Å². The summed E-state index contributed by atoms with van der Waals surface area (Å²) < 4.78 is 34.3. The number of quaternary nitrogens is 1. The molecule has 0 saturated heterocycles. The van der Waals surface area contributed by atoms with E-state index in [1.165, 1.54) is 109 Å². The van der Waals surface area contributed by atoms with Crippen LogP contribution in [0.4, 0.5) is 0 Å². The van der Waals surface area contributed by atoms with Gasteiger partial charge in [-0.1, -0.05) is 142 Å². The van der Waals surface area contributed by atoms with Gasteiger partial charge in [-0.25, -0.2) is 0 Å². The largest absolute Gasteiger partial charge is 0.756 e. The normalized spacial score (nSPS) is 14.0. The Morgan fingerprint density at radius 2 is 1.05 bits per heavy atom. The molecule has 0 rings (SSSR count). The Balaban J connectivity index is 4.28. The number of carbonyl (C=O) groups is 1. The average molecular weight is 650 g/mol. The van der Waals surface area contributed by atoms with Crippen molar-refractivity contribution in [2.24, 2.45) is 0 Å². The number of likely N-dealkylation sites (N-methyl/N-ethyl adjacent to an activating group) is 1. The minimum absolute atomic E-state index is 0.0306. The van der Waals surface area contributed by atoms with E-state index in [2.05, 4.69) is 13.8 Å². The highest BCUT2D eigenvalue weighted by atomic mass is 31.2. The Morgan fingerprint density at radius 3 is 1.50 bits per heavy atom. The fraction of sp³-hybridized carbons (Fsp3) is 0.971. The molecule has 2 unspecified atom stereocenters. The van der Waals surface area contributed by atoms with E-state index in [9.17, 15) is 14.3 Å². The fourth-order valence-electron chi connectivity index (χ4n) is 5.02. The van der Waals surface area contributed by atoms with Crippen LogP contribution >= 0.6 is 7.82 Å². The first-order valence-electron chi connectivity index (χ1n) is 18.3. The monoisotopic (exact) mass is 650 g/mol. The van der Waals surface area contributed by atoms with Crippen LogP contribution in [-0.4, -0.2) is 70.7 Å². The van der Waals surface area contributed by atoms with E-state index in [-0.39, 0.29) is 25.8 Å². The van der Waals surface area contributed by atoms with E-state index < -0.39 is 13.9 Å². The van der Waals surface area contributed by atoms with Gasteiger partial charge in [-0.15, -0.1) is 0 Å². The number of hydrogen-bond donors (Lipinski definition) is 0. The van der Waals surface area contributed by atoms with Crippen molar-refractivity contribution >= 4 is 13.8 Å². The van der Waals surface area contributed by atoms with Crippen molar-refractivity contribution < 1.29 is 37.3 Å². The van der Waals surface area contributed by atoms with Gasteiger partial charge in [0.25, 0.3) is 7.82 Å². The third kappa shape index (κ3) is 32.9. The Morgan fingerprint density at radius 1 is 0.614 bits per heavy atom. The van der Waals surface area contributed by atoms with Gasteiger partial charge in [0.1, 0.15) is 19.3 Å². The van der Waals surface area contributed by atoms with E-state index in [0.717, 1.165) is 32.1 Å². The lowest BCUT2D eigenvalue weighted by Gasteiger charge is -2.28. The molecule has 0 aliphatic heterocycles. The lowest BCUT2D eigenvalue weighted by molar-refractivity contribution is -0.870. The van der Waals surface area contributed by atoms with Gasteiger partial charge in [-0.05, 0) is 12.8 Å². The molecule has 0 spiro atoms. The number of phosphoric acid groups is 1. The molecule has 0 aromatic carbocycles. The van der Waals surface area contributed by atoms with E-state index in [0.29, 0.717) is 24.1 Å². The molecular weight excluding hydrogens is 577 g/mol. The highest BCUT2D eigenvalue weighted by Gasteiger charge is 2.20. The number of rotatable bonds is 34. The molecule has 0 bridgehead atoms. The quantitative estimate of drug-likeness (QED) is 0.0297. The fourth-order valence-corrected chi connectivity index (χ4v) is 5.74. The topological polar surface area (TPSA) is 94.1 Å². The summed E-state index contributed by atoms with van der Waals surface area (Å²) in [6, 6.07) is 0. The highest BCUT2D eigenvalue weighted by molar-refractivity contribution is 7.45. The van der Waals surface area contributed by atoms with Gasteiger partial charge in [0.05, 0.1) is 34.4 Å². The smallest absolute Gasteiger partial charge is 0.306 e. The summed E-state index contributed by atoms with van der Waals surface area (Å²) >= 11 is 0. The van der Waals surface area contributed by atoms with Gasteiger partial charge in [0.2, 0.25) is 0 Å². The summed E-state index contributed by atoms with van der Waals surface area (Å²) in [6.45, 7) is 5.41. The van der Waals surface area contributed by atoms with Crippen molar-refractivity contribution in [1.82, 2.24) is 0 Å². The molecule has 0 N–H and O–H groups in total. The number of unbranched alkanes of at least 4 members (excludes halogenated alkanes) is 20. The van der Waals surface area contributed by atoms with Crippen molar-refractivity contribution in [2.45, 2.75) is 168 Å². The molecule has 9 heteroatoms. The van der Waals surface area contributed by atoms with Crippen LogP contribution in [0.2, 0.25) is 0 Å². The number of esters is 1. The van der Waals surface area contributed by atoms with Gasteiger partial charge >= 0.3 is 5.97 Å². The van der Waals surface area contributed by atoms with Crippen molar-refractivity contribution in [1.29, 1.82) is 0 Å². The molecule has 0 aliphatic carbocycles. The molecule has 264 valence electrons. The zero-order chi connectivity index (χ0) is 32.8. The Bertz CT molecular complexity index is 686. The maximum absolute atomic E-state index is 12.5. The second kappa shape index (κ2) is 29.9. The first kappa shape index (κ1) is 43.5. The number of phosphoric ester groups is 1. The summed E-state index contributed by atoms with van der Waals surface area (Å²) in [5.41, 5.74) is 0. The van der Waals surface area contributed by atoms with Crippen LogP contribution in [-0.2, 0) is 27.9 Å². The second-order valence-electron chi connectivity index (χ2n) is 13.6. The third-order valence-corrected chi connectivity index (χ3v) is 8.87. The Kier molecular flexibility index (Phi) is 29.5. The van der Waals surface area contributed by atoms with Gasteiger partial charge < -0.3 is 27.9 Å². The molecule has 0 saturated carbocycles. The lowest BCUT2D eigenvalue weighted by Crippen LogP contribution is -2.37. The minimum Gasteiger partial charge on any atom is -0.756 e. The first-order valence-corrected chi connectivity index (χ1v) is 19.7.